The Kier molecular flexibility index (Phi) is 3.76. The molecular weight excluding hydrogens is 161 g/mol. The van der Waals surface area contributed by atoms with Gasteiger partial charge in [-0.05, 0) is 0 Å². The molecule has 0 aromatic carbocycles. The monoisotopic (exact) mass is 168 g/mol. The average molecular weight is 168 g/mol. The number of halogens is 3. The zero-order valence-corrected chi connectivity index (χ0v) is 5.77. The topological polar surface area (TPSA) is 29.5 Å². The Balaban J connectivity index is 3.79. The maximum atomic E-state index is 11.5. The van der Waals surface area contributed by atoms with Crippen molar-refractivity contribution in [2.45, 2.75) is 18.7 Å². The van der Waals surface area contributed by atoms with E-state index in [0.717, 1.165) is 0 Å². The minimum Gasteiger partial charge on any atom is -0.450 e. The number of alkyl halides is 3. The minimum absolute atomic E-state index is 0.655. The largest absolute Gasteiger partial charge is 0.450 e. The fourth-order valence-corrected chi connectivity index (χ4v) is 0.326. The molecule has 0 rings (SSSR count). The van der Waals surface area contributed by atoms with Crippen LogP contribution in [0.1, 0.15) is 6.42 Å². The lowest BCUT2D eigenvalue weighted by molar-refractivity contribution is -0.201. The number of aliphatic hydroxyl groups excluding tert-OH is 1. The second-order valence-corrected chi connectivity index (χ2v) is 1.74. The first-order valence-electron chi connectivity index (χ1n) is 2.74. The standard InChI is InChI=1S/C6H7F3O2/c1-11-4-2-3-5(10)6(7,8)9/h5,10H,3H2,1H3. The highest BCUT2D eigenvalue weighted by Crippen LogP contribution is 2.21. The summed E-state index contributed by atoms with van der Waals surface area (Å²) >= 11 is 0. The van der Waals surface area contributed by atoms with Crippen molar-refractivity contribution >= 4 is 0 Å². The first-order valence-corrected chi connectivity index (χ1v) is 2.74. The van der Waals surface area contributed by atoms with Gasteiger partial charge in [0, 0.05) is 6.42 Å². The number of methoxy groups -OCH3 is 1. The van der Waals surface area contributed by atoms with Crippen molar-refractivity contribution in [2.75, 3.05) is 7.11 Å². The SMILES string of the molecule is COC#CCC(O)C(F)(F)F. The summed E-state index contributed by atoms with van der Waals surface area (Å²) in [6, 6.07) is 0. The summed E-state index contributed by atoms with van der Waals surface area (Å²) in [5.74, 6) is 2.00. The second kappa shape index (κ2) is 4.09. The molecule has 11 heavy (non-hydrogen) atoms. The molecular formula is C6H7F3O2. The molecule has 0 aliphatic rings. The van der Waals surface area contributed by atoms with E-state index < -0.39 is 18.7 Å². The number of hydrogen-bond donors (Lipinski definition) is 1. The Morgan fingerprint density at radius 2 is 2.09 bits per heavy atom. The molecule has 0 aliphatic carbocycles. The fraction of sp³-hybridized carbons (Fsp3) is 0.667. The molecule has 0 aliphatic heterocycles. The van der Waals surface area contributed by atoms with Crippen molar-refractivity contribution in [3.63, 3.8) is 0 Å². The molecule has 1 N–H and O–H groups in total. The summed E-state index contributed by atoms with van der Waals surface area (Å²) in [4.78, 5) is 0. The van der Waals surface area contributed by atoms with Crippen molar-refractivity contribution in [3.8, 4) is 12.0 Å². The predicted octanol–water partition coefficient (Wildman–Crippen LogP) is 0.907. The van der Waals surface area contributed by atoms with Crippen molar-refractivity contribution in [3.05, 3.63) is 0 Å². The molecule has 2 nitrogen and oxygen atoms in total. The van der Waals surface area contributed by atoms with Crippen LogP contribution in [0.15, 0.2) is 0 Å². The molecule has 0 amide bonds. The third-order valence-corrected chi connectivity index (χ3v) is 0.847. The van der Waals surface area contributed by atoms with Gasteiger partial charge in [0.2, 0.25) is 0 Å². The van der Waals surface area contributed by atoms with E-state index in [0.29, 0.717) is 0 Å². The summed E-state index contributed by atoms with van der Waals surface area (Å²) in [6.07, 6.45) is -5.69. The maximum absolute atomic E-state index is 11.5. The van der Waals surface area contributed by atoms with Gasteiger partial charge in [0.1, 0.15) is 6.11 Å². The van der Waals surface area contributed by atoms with Crippen LogP contribution in [0.25, 0.3) is 0 Å². The van der Waals surface area contributed by atoms with Crippen LogP contribution in [-0.2, 0) is 4.74 Å². The van der Waals surface area contributed by atoms with Crippen LogP contribution in [0.5, 0.6) is 0 Å². The van der Waals surface area contributed by atoms with Crippen LogP contribution in [0.3, 0.4) is 0 Å². The van der Waals surface area contributed by atoms with Crippen LogP contribution in [-0.4, -0.2) is 24.5 Å². The summed E-state index contributed by atoms with van der Waals surface area (Å²) < 4.78 is 38.7. The molecule has 0 saturated carbocycles. The summed E-state index contributed by atoms with van der Waals surface area (Å²) in [5, 5.41) is 8.33. The lowest BCUT2D eigenvalue weighted by Crippen LogP contribution is -2.27. The molecule has 0 radical (unpaired) electrons. The fourth-order valence-electron chi connectivity index (χ4n) is 0.326. The Labute approximate surface area is 62.0 Å². The number of rotatable bonds is 1. The minimum atomic E-state index is -4.59. The Hall–Kier alpha value is -0.890. The normalized spacial score (nSPS) is 13.2. The second-order valence-electron chi connectivity index (χ2n) is 1.74. The quantitative estimate of drug-likeness (QED) is 0.589. The van der Waals surface area contributed by atoms with E-state index in [2.05, 4.69) is 4.74 Å². The van der Waals surface area contributed by atoms with Gasteiger partial charge in [-0.1, -0.05) is 5.92 Å². The third kappa shape index (κ3) is 4.51. The van der Waals surface area contributed by atoms with Crippen molar-refractivity contribution < 1.29 is 23.0 Å². The average Bonchev–Trinajstić information content (AvgIpc) is 1.86. The molecule has 0 heterocycles. The molecule has 1 unspecified atom stereocenters. The molecule has 0 aromatic heterocycles. The molecule has 0 spiro atoms. The van der Waals surface area contributed by atoms with E-state index in [-0.39, 0.29) is 0 Å². The van der Waals surface area contributed by atoms with Crippen LogP contribution < -0.4 is 0 Å². The van der Waals surface area contributed by atoms with Crippen molar-refractivity contribution in [1.29, 1.82) is 0 Å². The van der Waals surface area contributed by atoms with Gasteiger partial charge in [-0.2, -0.15) is 13.2 Å². The van der Waals surface area contributed by atoms with E-state index >= 15 is 0 Å². The smallest absolute Gasteiger partial charge is 0.415 e. The summed E-state index contributed by atoms with van der Waals surface area (Å²) in [6.45, 7) is 0. The van der Waals surface area contributed by atoms with Gasteiger partial charge in [-0.3, -0.25) is 0 Å². The van der Waals surface area contributed by atoms with Crippen LogP contribution in [0.2, 0.25) is 0 Å². The lowest BCUT2D eigenvalue weighted by Gasteiger charge is -2.10. The molecule has 0 fully saturated rings. The van der Waals surface area contributed by atoms with Crippen molar-refractivity contribution in [2.24, 2.45) is 0 Å². The van der Waals surface area contributed by atoms with E-state index in [1.54, 1.807) is 0 Å². The predicted molar refractivity (Wildman–Crippen MR) is 31.5 cm³/mol. The van der Waals surface area contributed by atoms with Crippen molar-refractivity contribution in [1.82, 2.24) is 0 Å². The first-order chi connectivity index (χ1) is 4.98. The number of aliphatic hydroxyl groups is 1. The van der Waals surface area contributed by atoms with Gasteiger partial charge in [0.05, 0.1) is 7.11 Å². The molecule has 64 valence electrons. The van der Waals surface area contributed by atoms with E-state index in [1.165, 1.54) is 7.11 Å². The van der Waals surface area contributed by atoms with E-state index in [4.69, 9.17) is 5.11 Å². The highest BCUT2D eigenvalue weighted by Gasteiger charge is 2.37. The van der Waals surface area contributed by atoms with E-state index in [9.17, 15) is 13.2 Å². The third-order valence-electron chi connectivity index (χ3n) is 0.847. The van der Waals surface area contributed by atoms with Gasteiger partial charge >= 0.3 is 6.18 Å². The molecule has 1 atom stereocenters. The zero-order valence-electron chi connectivity index (χ0n) is 5.77. The van der Waals surface area contributed by atoms with Gasteiger partial charge < -0.3 is 9.84 Å². The number of hydrogen-bond acceptors (Lipinski definition) is 2. The molecule has 0 aromatic rings. The Morgan fingerprint density at radius 3 is 2.45 bits per heavy atom. The lowest BCUT2D eigenvalue weighted by atomic mass is 10.2. The number of ether oxygens (including phenoxy) is 1. The van der Waals surface area contributed by atoms with Crippen LogP contribution >= 0.6 is 0 Å². The Morgan fingerprint density at radius 1 is 1.55 bits per heavy atom. The summed E-state index contributed by atoms with van der Waals surface area (Å²) in [5.41, 5.74) is 0. The summed E-state index contributed by atoms with van der Waals surface area (Å²) in [7, 11) is 1.23. The van der Waals surface area contributed by atoms with Gasteiger partial charge in [-0.15, -0.1) is 0 Å². The van der Waals surface area contributed by atoms with Crippen LogP contribution in [0, 0.1) is 12.0 Å². The maximum Gasteiger partial charge on any atom is 0.415 e. The Bertz CT molecular complexity index is 165. The van der Waals surface area contributed by atoms with Crippen LogP contribution in [0.4, 0.5) is 13.2 Å². The highest BCUT2D eigenvalue weighted by molar-refractivity contribution is 4.94. The first kappa shape index (κ1) is 10.1. The molecule has 0 saturated heterocycles. The molecule has 0 bridgehead atoms. The highest BCUT2D eigenvalue weighted by atomic mass is 19.4. The van der Waals surface area contributed by atoms with E-state index in [1.807, 2.05) is 12.0 Å². The zero-order chi connectivity index (χ0) is 8.91. The molecule has 5 heteroatoms. The van der Waals surface area contributed by atoms with Gasteiger partial charge in [0.25, 0.3) is 0 Å². The van der Waals surface area contributed by atoms with Gasteiger partial charge in [0.15, 0.2) is 6.10 Å². The van der Waals surface area contributed by atoms with Gasteiger partial charge in [-0.25, -0.2) is 0 Å².